The van der Waals surface area contributed by atoms with Crippen LogP contribution in [0.5, 0.6) is 0 Å². The predicted molar refractivity (Wildman–Crippen MR) is 113 cm³/mol. The van der Waals surface area contributed by atoms with Gasteiger partial charge in [-0.3, -0.25) is 9.69 Å². The minimum Gasteiger partial charge on any atom is -0.460 e. The van der Waals surface area contributed by atoms with E-state index in [-0.39, 0.29) is 18.1 Å². The lowest BCUT2D eigenvalue weighted by Crippen LogP contribution is -2.44. The maximum Gasteiger partial charge on any atom is 0.312 e. The maximum atomic E-state index is 12.5. The van der Waals surface area contributed by atoms with E-state index in [4.69, 9.17) is 10.5 Å². The number of hydrogen-bond acceptors (Lipinski definition) is 4. The number of nitrogens with two attached hydrogens (primary N) is 1. The van der Waals surface area contributed by atoms with E-state index in [2.05, 4.69) is 53.4 Å². The highest BCUT2D eigenvalue weighted by atomic mass is 16.6. The summed E-state index contributed by atoms with van der Waals surface area (Å²) in [5, 5.41) is 0. The van der Waals surface area contributed by atoms with Crippen molar-refractivity contribution in [3.63, 3.8) is 0 Å². The van der Waals surface area contributed by atoms with E-state index >= 15 is 0 Å². The van der Waals surface area contributed by atoms with Crippen molar-refractivity contribution in [2.75, 3.05) is 13.1 Å². The molecule has 0 bridgehead atoms. The van der Waals surface area contributed by atoms with Crippen molar-refractivity contribution in [1.82, 2.24) is 4.90 Å². The van der Waals surface area contributed by atoms with Gasteiger partial charge in [-0.2, -0.15) is 0 Å². The van der Waals surface area contributed by atoms with Gasteiger partial charge in [-0.25, -0.2) is 0 Å². The first-order valence-electron chi connectivity index (χ1n) is 10.2. The Kier molecular flexibility index (Phi) is 6.53. The molecule has 2 aromatic rings. The Balaban J connectivity index is 1.66. The molecule has 150 valence electrons. The highest BCUT2D eigenvalue weighted by molar-refractivity contribution is 5.74. The SMILES string of the molecule is CC(C)(C)OC(=O)C1CCN(CCC(c2ccccc2)c2ccccc2)C1N. The fourth-order valence-electron chi connectivity index (χ4n) is 3.97. The normalized spacial score (nSPS) is 20.5. The van der Waals surface area contributed by atoms with E-state index in [0.717, 1.165) is 25.9 Å². The Hall–Kier alpha value is -2.17. The molecule has 0 radical (unpaired) electrons. The van der Waals surface area contributed by atoms with Crippen LogP contribution in [0.4, 0.5) is 0 Å². The molecule has 0 amide bonds. The Morgan fingerprint density at radius 2 is 1.61 bits per heavy atom. The fraction of sp³-hybridized carbons (Fsp3) is 0.458. The molecule has 2 atom stereocenters. The zero-order valence-corrected chi connectivity index (χ0v) is 17.2. The predicted octanol–water partition coefficient (Wildman–Crippen LogP) is 4.16. The summed E-state index contributed by atoms with van der Waals surface area (Å²) in [6.07, 6.45) is 1.45. The van der Waals surface area contributed by atoms with Crippen LogP contribution in [0.3, 0.4) is 0 Å². The molecule has 3 rings (SSSR count). The van der Waals surface area contributed by atoms with Gasteiger partial charge >= 0.3 is 5.97 Å². The van der Waals surface area contributed by atoms with E-state index in [1.54, 1.807) is 0 Å². The van der Waals surface area contributed by atoms with Gasteiger partial charge < -0.3 is 10.5 Å². The van der Waals surface area contributed by atoms with E-state index in [1.807, 2.05) is 32.9 Å². The molecule has 0 spiro atoms. The average molecular weight is 381 g/mol. The zero-order valence-electron chi connectivity index (χ0n) is 17.2. The van der Waals surface area contributed by atoms with Crippen LogP contribution in [0.2, 0.25) is 0 Å². The number of ether oxygens (including phenoxy) is 1. The third-order valence-electron chi connectivity index (χ3n) is 5.38. The Morgan fingerprint density at radius 3 is 2.11 bits per heavy atom. The number of hydrogen-bond donors (Lipinski definition) is 1. The van der Waals surface area contributed by atoms with Crippen LogP contribution in [-0.2, 0) is 9.53 Å². The summed E-state index contributed by atoms with van der Waals surface area (Å²) >= 11 is 0. The lowest BCUT2D eigenvalue weighted by Gasteiger charge is -2.28. The molecule has 4 heteroatoms. The second kappa shape index (κ2) is 8.89. The van der Waals surface area contributed by atoms with Crippen molar-refractivity contribution in [2.24, 2.45) is 11.7 Å². The van der Waals surface area contributed by atoms with Gasteiger partial charge in [0.2, 0.25) is 0 Å². The first kappa shape index (κ1) is 20.6. The topological polar surface area (TPSA) is 55.6 Å². The summed E-state index contributed by atoms with van der Waals surface area (Å²) in [6.45, 7) is 7.38. The standard InChI is InChI=1S/C24H32N2O2/c1-24(2,3)28-23(27)21-15-17-26(22(21)25)16-14-20(18-10-6-4-7-11-18)19-12-8-5-9-13-19/h4-13,20-22H,14-17,25H2,1-3H3. The number of carbonyl (C=O) groups excluding carboxylic acids is 1. The average Bonchev–Trinajstić information content (AvgIpc) is 3.03. The van der Waals surface area contributed by atoms with Crippen molar-refractivity contribution < 1.29 is 9.53 Å². The van der Waals surface area contributed by atoms with Crippen LogP contribution in [-0.4, -0.2) is 35.7 Å². The number of carbonyl (C=O) groups is 1. The highest BCUT2D eigenvalue weighted by Gasteiger charge is 2.38. The van der Waals surface area contributed by atoms with Crippen molar-refractivity contribution in [3.8, 4) is 0 Å². The summed E-state index contributed by atoms with van der Waals surface area (Å²) < 4.78 is 5.56. The highest BCUT2D eigenvalue weighted by Crippen LogP contribution is 2.30. The lowest BCUT2D eigenvalue weighted by molar-refractivity contribution is -0.160. The Morgan fingerprint density at radius 1 is 1.07 bits per heavy atom. The van der Waals surface area contributed by atoms with Crippen LogP contribution in [0, 0.1) is 5.92 Å². The monoisotopic (exact) mass is 380 g/mol. The molecule has 1 heterocycles. The molecule has 0 aromatic heterocycles. The van der Waals surface area contributed by atoms with Gasteiger partial charge in [0.15, 0.2) is 0 Å². The van der Waals surface area contributed by atoms with E-state index in [1.165, 1.54) is 11.1 Å². The molecule has 4 nitrogen and oxygen atoms in total. The summed E-state index contributed by atoms with van der Waals surface area (Å²) in [4.78, 5) is 14.7. The molecule has 0 saturated carbocycles. The molecule has 0 aliphatic carbocycles. The molecule has 1 saturated heterocycles. The van der Waals surface area contributed by atoms with Crippen LogP contribution < -0.4 is 5.73 Å². The minimum atomic E-state index is -0.476. The van der Waals surface area contributed by atoms with Gasteiger partial charge in [0.1, 0.15) is 5.60 Å². The van der Waals surface area contributed by atoms with Gasteiger partial charge in [0.05, 0.1) is 12.1 Å². The third-order valence-corrected chi connectivity index (χ3v) is 5.38. The fourth-order valence-corrected chi connectivity index (χ4v) is 3.97. The number of rotatable bonds is 6. The number of likely N-dealkylation sites (tertiary alicyclic amines) is 1. The van der Waals surface area contributed by atoms with E-state index < -0.39 is 5.60 Å². The molecule has 1 aliphatic rings. The molecule has 2 aromatic carbocycles. The summed E-state index contributed by atoms with van der Waals surface area (Å²) in [5.41, 5.74) is 8.58. The molecular formula is C24H32N2O2. The molecule has 1 aliphatic heterocycles. The molecule has 28 heavy (non-hydrogen) atoms. The van der Waals surface area contributed by atoms with Crippen LogP contribution >= 0.6 is 0 Å². The van der Waals surface area contributed by atoms with Crippen molar-refractivity contribution >= 4 is 5.97 Å². The Bertz CT molecular complexity index is 716. The van der Waals surface area contributed by atoms with Gasteiger partial charge in [-0.05, 0) is 44.7 Å². The lowest BCUT2D eigenvalue weighted by atomic mass is 9.88. The second-order valence-electron chi connectivity index (χ2n) is 8.62. The van der Waals surface area contributed by atoms with E-state index in [9.17, 15) is 4.79 Å². The van der Waals surface area contributed by atoms with Gasteiger partial charge in [0.25, 0.3) is 0 Å². The largest absolute Gasteiger partial charge is 0.460 e. The minimum absolute atomic E-state index is 0.176. The van der Waals surface area contributed by atoms with Gasteiger partial charge in [-0.1, -0.05) is 60.7 Å². The first-order chi connectivity index (χ1) is 13.3. The summed E-state index contributed by atoms with van der Waals surface area (Å²) in [6, 6.07) is 21.2. The quantitative estimate of drug-likeness (QED) is 0.765. The molecule has 2 unspecified atom stereocenters. The second-order valence-corrected chi connectivity index (χ2v) is 8.62. The number of nitrogens with zero attached hydrogens (tertiary/aromatic N) is 1. The van der Waals surface area contributed by atoms with Crippen molar-refractivity contribution in [3.05, 3.63) is 71.8 Å². The molecule has 1 fully saturated rings. The van der Waals surface area contributed by atoms with Crippen molar-refractivity contribution in [1.29, 1.82) is 0 Å². The maximum absolute atomic E-state index is 12.5. The first-order valence-corrected chi connectivity index (χ1v) is 10.2. The van der Waals surface area contributed by atoms with Crippen LogP contribution in [0.15, 0.2) is 60.7 Å². The smallest absolute Gasteiger partial charge is 0.312 e. The molecular weight excluding hydrogens is 348 g/mol. The summed E-state index contributed by atoms with van der Waals surface area (Å²) in [7, 11) is 0. The van der Waals surface area contributed by atoms with Crippen LogP contribution in [0.25, 0.3) is 0 Å². The number of esters is 1. The third kappa shape index (κ3) is 5.21. The zero-order chi connectivity index (χ0) is 20.1. The Labute approximate surface area is 168 Å². The van der Waals surface area contributed by atoms with Crippen molar-refractivity contribution in [2.45, 2.75) is 51.3 Å². The summed E-state index contributed by atoms with van der Waals surface area (Å²) in [5.74, 6) is -0.105. The van der Waals surface area contributed by atoms with Crippen LogP contribution in [0.1, 0.15) is 50.7 Å². The molecule has 2 N–H and O–H groups in total. The van der Waals surface area contributed by atoms with Gasteiger partial charge in [-0.15, -0.1) is 0 Å². The van der Waals surface area contributed by atoms with Gasteiger partial charge in [0, 0.05) is 19.0 Å². The van der Waals surface area contributed by atoms with E-state index in [0.29, 0.717) is 5.92 Å². The number of benzene rings is 2.